The molecule has 2 N–H and O–H groups in total. The highest BCUT2D eigenvalue weighted by molar-refractivity contribution is 4.53. The first-order valence-corrected chi connectivity index (χ1v) is 3.70. The molecule has 0 aliphatic carbocycles. The normalized spacial score (nSPS) is 16.8. The van der Waals surface area contributed by atoms with Gasteiger partial charge in [-0.05, 0) is 12.8 Å². The third-order valence-corrected chi connectivity index (χ3v) is 1.24. The van der Waals surface area contributed by atoms with Gasteiger partial charge in [-0.15, -0.1) is 0 Å². The Morgan fingerprint density at radius 1 is 1.30 bits per heavy atom. The van der Waals surface area contributed by atoms with E-state index >= 15 is 0 Å². The Balaban J connectivity index is 3.31. The summed E-state index contributed by atoms with van der Waals surface area (Å²) in [4.78, 5) is 0. The summed E-state index contributed by atoms with van der Waals surface area (Å²) in [7, 11) is 0. The van der Waals surface area contributed by atoms with Crippen molar-refractivity contribution in [1.82, 2.24) is 0 Å². The van der Waals surface area contributed by atoms with E-state index in [1.54, 1.807) is 6.92 Å². The first-order valence-electron chi connectivity index (χ1n) is 3.70. The maximum Gasteiger partial charge on any atom is 0.180 e. The molecule has 0 aromatic carbocycles. The lowest BCUT2D eigenvalue weighted by atomic mass is 10.3. The molecule has 0 bridgehead atoms. The van der Waals surface area contributed by atoms with Gasteiger partial charge < -0.3 is 14.9 Å². The highest BCUT2D eigenvalue weighted by Crippen LogP contribution is 1.99. The predicted octanol–water partition coefficient (Wildman–Crippen LogP) is 0.502. The zero-order chi connectivity index (χ0) is 7.98. The average Bonchev–Trinajstić information content (AvgIpc) is 1.98. The molecule has 62 valence electrons. The van der Waals surface area contributed by atoms with Crippen LogP contribution < -0.4 is 0 Å². The molecular formula is C7H16O3. The minimum atomic E-state index is -1.01. The van der Waals surface area contributed by atoms with E-state index in [0.29, 0.717) is 13.0 Å². The smallest absolute Gasteiger partial charge is 0.180 e. The van der Waals surface area contributed by atoms with E-state index in [1.807, 2.05) is 6.92 Å². The van der Waals surface area contributed by atoms with E-state index < -0.39 is 12.4 Å². The van der Waals surface area contributed by atoms with Gasteiger partial charge in [0.2, 0.25) is 0 Å². The second-order valence-corrected chi connectivity index (χ2v) is 2.24. The minimum Gasteiger partial charge on any atom is -0.388 e. The van der Waals surface area contributed by atoms with Crippen molar-refractivity contribution in [2.24, 2.45) is 0 Å². The molecule has 2 atom stereocenters. The third kappa shape index (κ3) is 3.82. The fraction of sp³-hybridized carbons (Fsp3) is 1.00. The molecule has 0 rings (SSSR count). The maximum absolute atomic E-state index is 8.98. The van der Waals surface area contributed by atoms with Crippen LogP contribution >= 0.6 is 0 Å². The number of ether oxygens (including phenoxy) is 1. The van der Waals surface area contributed by atoms with Crippen LogP contribution in [0.25, 0.3) is 0 Å². The monoisotopic (exact) mass is 148 g/mol. The van der Waals surface area contributed by atoms with Gasteiger partial charge in [0.25, 0.3) is 0 Å². The highest BCUT2D eigenvalue weighted by atomic mass is 16.6. The summed E-state index contributed by atoms with van der Waals surface area (Å²) in [5.74, 6) is 0. The summed E-state index contributed by atoms with van der Waals surface area (Å²) < 4.78 is 4.85. The van der Waals surface area contributed by atoms with Crippen molar-refractivity contribution >= 4 is 0 Å². The molecule has 0 aliphatic heterocycles. The van der Waals surface area contributed by atoms with Crippen LogP contribution in [0.4, 0.5) is 0 Å². The van der Waals surface area contributed by atoms with Crippen molar-refractivity contribution in [3.8, 4) is 0 Å². The molecule has 0 radical (unpaired) electrons. The number of hydrogen-bond acceptors (Lipinski definition) is 3. The number of aliphatic hydroxyl groups is 2. The summed E-state index contributed by atoms with van der Waals surface area (Å²) in [5.41, 5.74) is 0. The van der Waals surface area contributed by atoms with E-state index in [0.717, 1.165) is 6.42 Å². The van der Waals surface area contributed by atoms with Gasteiger partial charge in [0, 0.05) is 6.61 Å². The van der Waals surface area contributed by atoms with Gasteiger partial charge in [0.05, 0.1) is 0 Å². The largest absolute Gasteiger partial charge is 0.388 e. The van der Waals surface area contributed by atoms with Crippen molar-refractivity contribution in [2.75, 3.05) is 6.61 Å². The molecule has 0 aromatic heterocycles. The van der Waals surface area contributed by atoms with Crippen molar-refractivity contribution in [3.05, 3.63) is 0 Å². The average molecular weight is 148 g/mol. The molecule has 0 aromatic rings. The minimum absolute atomic E-state index is 0.498. The van der Waals surface area contributed by atoms with Crippen LogP contribution in [-0.2, 0) is 4.74 Å². The Hall–Kier alpha value is -0.120. The first kappa shape index (κ1) is 9.88. The number of aliphatic hydroxyl groups excluding tert-OH is 2. The van der Waals surface area contributed by atoms with Crippen LogP contribution in [0, 0.1) is 0 Å². The molecule has 0 fully saturated rings. The first-order chi connectivity index (χ1) is 4.72. The fourth-order valence-corrected chi connectivity index (χ4v) is 0.551. The standard InChI is InChI=1S/C7H16O3/c1-3-5-10-7(9)6(8)4-2/h6-9H,3-5H2,1-2H3. The Labute approximate surface area is 61.6 Å². The number of hydrogen-bond donors (Lipinski definition) is 2. The Bertz CT molecular complexity index is 75.3. The van der Waals surface area contributed by atoms with Gasteiger partial charge >= 0.3 is 0 Å². The molecule has 0 amide bonds. The summed E-state index contributed by atoms with van der Waals surface area (Å²) in [6.45, 7) is 4.24. The van der Waals surface area contributed by atoms with Crippen LogP contribution in [-0.4, -0.2) is 29.2 Å². The highest BCUT2D eigenvalue weighted by Gasteiger charge is 2.12. The van der Waals surface area contributed by atoms with Gasteiger partial charge in [-0.3, -0.25) is 0 Å². The maximum atomic E-state index is 8.98. The van der Waals surface area contributed by atoms with Gasteiger partial charge in [-0.1, -0.05) is 13.8 Å². The zero-order valence-electron chi connectivity index (χ0n) is 6.58. The Morgan fingerprint density at radius 2 is 1.90 bits per heavy atom. The van der Waals surface area contributed by atoms with Crippen LogP contribution in [0.2, 0.25) is 0 Å². The van der Waals surface area contributed by atoms with Crippen LogP contribution in [0.5, 0.6) is 0 Å². The van der Waals surface area contributed by atoms with Gasteiger partial charge in [0.15, 0.2) is 6.29 Å². The molecule has 0 saturated heterocycles. The summed E-state index contributed by atoms with van der Waals surface area (Å²) >= 11 is 0. The van der Waals surface area contributed by atoms with Crippen molar-refractivity contribution in [1.29, 1.82) is 0 Å². The SMILES string of the molecule is CCCOC(O)C(O)CC. The molecule has 2 unspecified atom stereocenters. The quantitative estimate of drug-likeness (QED) is 0.558. The molecule has 3 heteroatoms. The topological polar surface area (TPSA) is 49.7 Å². The van der Waals surface area contributed by atoms with E-state index in [1.165, 1.54) is 0 Å². The third-order valence-electron chi connectivity index (χ3n) is 1.24. The van der Waals surface area contributed by atoms with E-state index in [9.17, 15) is 0 Å². The summed E-state index contributed by atoms with van der Waals surface area (Å²) in [5, 5.41) is 18.0. The van der Waals surface area contributed by atoms with Crippen LogP contribution in [0.15, 0.2) is 0 Å². The van der Waals surface area contributed by atoms with Gasteiger partial charge in [-0.25, -0.2) is 0 Å². The molecule has 0 saturated carbocycles. The Morgan fingerprint density at radius 3 is 2.30 bits per heavy atom. The molecule has 3 nitrogen and oxygen atoms in total. The van der Waals surface area contributed by atoms with Gasteiger partial charge in [-0.2, -0.15) is 0 Å². The predicted molar refractivity (Wildman–Crippen MR) is 38.5 cm³/mol. The molecule has 0 heterocycles. The molecular weight excluding hydrogens is 132 g/mol. The second-order valence-electron chi connectivity index (χ2n) is 2.24. The van der Waals surface area contributed by atoms with Gasteiger partial charge in [0.1, 0.15) is 6.10 Å². The fourth-order valence-electron chi connectivity index (χ4n) is 0.551. The molecule has 0 spiro atoms. The second kappa shape index (κ2) is 5.65. The molecule has 10 heavy (non-hydrogen) atoms. The summed E-state index contributed by atoms with van der Waals surface area (Å²) in [6.07, 6.45) is -0.380. The zero-order valence-corrected chi connectivity index (χ0v) is 6.58. The summed E-state index contributed by atoms with van der Waals surface area (Å²) in [6, 6.07) is 0. The van der Waals surface area contributed by atoms with E-state index in [2.05, 4.69) is 0 Å². The van der Waals surface area contributed by atoms with Crippen molar-refractivity contribution in [2.45, 2.75) is 39.1 Å². The lowest BCUT2D eigenvalue weighted by Gasteiger charge is -2.15. The van der Waals surface area contributed by atoms with Crippen molar-refractivity contribution < 1.29 is 14.9 Å². The van der Waals surface area contributed by atoms with Crippen molar-refractivity contribution in [3.63, 3.8) is 0 Å². The Kier molecular flexibility index (Phi) is 5.58. The van der Waals surface area contributed by atoms with Crippen LogP contribution in [0.1, 0.15) is 26.7 Å². The lowest BCUT2D eigenvalue weighted by molar-refractivity contribution is -0.161. The lowest BCUT2D eigenvalue weighted by Crippen LogP contribution is -2.28. The van der Waals surface area contributed by atoms with Crippen LogP contribution in [0.3, 0.4) is 0 Å². The molecule has 0 aliphatic rings. The number of rotatable bonds is 5. The van der Waals surface area contributed by atoms with E-state index in [4.69, 9.17) is 14.9 Å². The van der Waals surface area contributed by atoms with E-state index in [-0.39, 0.29) is 0 Å².